The summed E-state index contributed by atoms with van der Waals surface area (Å²) < 4.78 is 15.7. The minimum Gasteiger partial charge on any atom is -0.493 e. The Balaban J connectivity index is 1.56. The molecule has 0 aliphatic rings. The van der Waals surface area contributed by atoms with Crippen molar-refractivity contribution >= 4 is 23.3 Å². The molecule has 0 radical (unpaired) electrons. The quantitative estimate of drug-likeness (QED) is 0.641. The molecule has 7 heteroatoms. The van der Waals surface area contributed by atoms with Crippen LogP contribution < -0.4 is 14.8 Å². The molecule has 0 saturated carbocycles. The zero-order valence-electron chi connectivity index (χ0n) is 14.4. The number of nitrogens with zero attached hydrogens (tertiary/aromatic N) is 1. The van der Waals surface area contributed by atoms with Gasteiger partial charge in [-0.2, -0.15) is 0 Å². The summed E-state index contributed by atoms with van der Waals surface area (Å²) >= 11 is 1.57. The van der Waals surface area contributed by atoms with Crippen LogP contribution in [0.25, 0.3) is 16.7 Å². The fraction of sp³-hybridized carbons (Fsp3) is 0.158. The minimum atomic E-state index is -0.222. The number of ether oxygens (including phenoxy) is 2. The lowest BCUT2D eigenvalue weighted by Gasteiger charge is -2.07. The van der Waals surface area contributed by atoms with Crippen LogP contribution in [0.5, 0.6) is 11.5 Å². The first-order valence-corrected chi connectivity index (χ1v) is 8.75. The number of thiophene rings is 1. The number of aromatic nitrogens is 1. The molecule has 0 bridgehead atoms. The van der Waals surface area contributed by atoms with Gasteiger partial charge in [0.1, 0.15) is 5.69 Å². The van der Waals surface area contributed by atoms with Crippen molar-refractivity contribution in [3.8, 4) is 22.1 Å². The summed E-state index contributed by atoms with van der Waals surface area (Å²) in [5.41, 5.74) is 1.50. The Morgan fingerprint density at radius 3 is 2.81 bits per heavy atom. The van der Waals surface area contributed by atoms with E-state index in [0.717, 1.165) is 10.4 Å². The van der Waals surface area contributed by atoms with Crippen LogP contribution in [0.15, 0.2) is 52.4 Å². The van der Waals surface area contributed by atoms with Crippen LogP contribution in [0.4, 0.5) is 0 Å². The Kier molecular flexibility index (Phi) is 5.70. The Morgan fingerprint density at radius 1 is 1.23 bits per heavy atom. The Morgan fingerprint density at radius 2 is 2.08 bits per heavy atom. The van der Waals surface area contributed by atoms with Crippen molar-refractivity contribution in [1.29, 1.82) is 0 Å². The summed E-state index contributed by atoms with van der Waals surface area (Å²) in [6, 6.07) is 11.2. The first kappa shape index (κ1) is 17.8. The van der Waals surface area contributed by atoms with Crippen molar-refractivity contribution in [3.05, 3.63) is 59.1 Å². The van der Waals surface area contributed by atoms with Crippen LogP contribution in [0.2, 0.25) is 0 Å². The van der Waals surface area contributed by atoms with E-state index in [9.17, 15) is 4.79 Å². The Hall–Kier alpha value is -3.06. The maximum atomic E-state index is 12.0. The largest absolute Gasteiger partial charge is 0.493 e. The molecule has 26 heavy (non-hydrogen) atoms. The molecule has 2 heterocycles. The van der Waals surface area contributed by atoms with Gasteiger partial charge in [-0.05, 0) is 35.2 Å². The van der Waals surface area contributed by atoms with E-state index >= 15 is 0 Å². The van der Waals surface area contributed by atoms with Gasteiger partial charge in [0.2, 0.25) is 5.91 Å². The molecule has 0 fully saturated rings. The summed E-state index contributed by atoms with van der Waals surface area (Å²) in [6.45, 7) is 0.296. The van der Waals surface area contributed by atoms with Crippen molar-refractivity contribution in [3.63, 3.8) is 0 Å². The summed E-state index contributed by atoms with van der Waals surface area (Å²) in [5.74, 6) is 1.73. The average molecular weight is 370 g/mol. The highest BCUT2D eigenvalue weighted by Gasteiger charge is 2.08. The summed E-state index contributed by atoms with van der Waals surface area (Å²) in [7, 11) is 3.15. The fourth-order valence-electron chi connectivity index (χ4n) is 2.30. The van der Waals surface area contributed by atoms with E-state index in [-0.39, 0.29) is 5.91 Å². The maximum absolute atomic E-state index is 12.0. The van der Waals surface area contributed by atoms with Gasteiger partial charge in [-0.15, -0.1) is 11.3 Å². The van der Waals surface area contributed by atoms with E-state index in [1.165, 1.54) is 6.08 Å². The van der Waals surface area contributed by atoms with Gasteiger partial charge < -0.3 is 19.3 Å². The van der Waals surface area contributed by atoms with Crippen LogP contribution >= 0.6 is 11.3 Å². The van der Waals surface area contributed by atoms with Crippen LogP contribution in [-0.2, 0) is 11.3 Å². The predicted molar refractivity (Wildman–Crippen MR) is 100 cm³/mol. The second kappa shape index (κ2) is 8.35. The van der Waals surface area contributed by atoms with Gasteiger partial charge in [0, 0.05) is 12.1 Å². The van der Waals surface area contributed by atoms with Crippen molar-refractivity contribution in [2.24, 2.45) is 0 Å². The highest BCUT2D eigenvalue weighted by Crippen LogP contribution is 2.28. The third-order valence-electron chi connectivity index (χ3n) is 3.60. The Bertz CT molecular complexity index is 900. The van der Waals surface area contributed by atoms with E-state index in [2.05, 4.69) is 10.5 Å². The molecular formula is C19H18N2O4S. The third-order valence-corrected chi connectivity index (χ3v) is 4.49. The molecule has 1 amide bonds. The van der Waals surface area contributed by atoms with Crippen LogP contribution in [0, 0.1) is 0 Å². The number of amides is 1. The standard InChI is InChI=1S/C19H18N2O4S/c1-23-15-7-5-13(10-16(15)24-2)6-8-19(22)20-12-14-11-17(25-21-14)18-4-3-9-26-18/h3-11H,12H2,1-2H3,(H,20,22)/b8-6-. The smallest absolute Gasteiger partial charge is 0.244 e. The van der Waals surface area contributed by atoms with Crippen LogP contribution in [0.1, 0.15) is 11.3 Å². The normalized spacial score (nSPS) is 10.8. The lowest BCUT2D eigenvalue weighted by molar-refractivity contribution is -0.116. The van der Waals surface area contributed by atoms with Gasteiger partial charge >= 0.3 is 0 Å². The van der Waals surface area contributed by atoms with E-state index in [1.807, 2.05) is 29.6 Å². The van der Waals surface area contributed by atoms with E-state index in [4.69, 9.17) is 14.0 Å². The zero-order valence-corrected chi connectivity index (χ0v) is 15.2. The molecule has 3 aromatic rings. The number of benzene rings is 1. The fourth-order valence-corrected chi connectivity index (χ4v) is 2.97. The molecule has 1 aromatic carbocycles. The molecule has 0 saturated heterocycles. The van der Waals surface area contributed by atoms with Crippen LogP contribution in [0.3, 0.4) is 0 Å². The molecule has 2 aromatic heterocycles. The summed E-state index contributed by atoms with van der Waals surface area (Å²) in [4.78, 5) is 13.0. The van der Waals surface area contributed by atoms with Gasteiger partial charge in [-0.1, -0.05) is 17.3 Å². The van der Waals surface area contributed by atoms with Gasteiger partial charge in [0.25, 0.3) is 0 Å². The molecule has 0 aliphatic carbocycles. The highest BCUT2D eigenvalue weighted by atomic mass is 32.1. The number of rotatable bonds is 7. The van der Waals surface area contributed by atoms with Crippen LogP contribution in [-0.4, -0.2) is 25.3 Å². The molecule has 0 atom stereocenters. The molecule has 0 aliphatic heterocycles. The first-order valence-electron chi connectivity index (χ1n) is 7.87. The number of methoxy groups -OCH3 is 2. The SMILES string of the molecule is COc1ccc(/C=C\C(=O)NCc2cc(-c3cccs3)on2)cc1OC. The minimum absolute atomic E-state index is 0.222. The van der Waals surface area contributed by atoms with Crippen molar-refractivity contribution in [2.45, 2.75) is 6.54 Å². The first-order chi connectivity index (χ1) is 12.7. The molecule has 134 valence electrons. The molecule has 6 nitrogen and oxygen atoms in total. The average Bonchev–Trinajstić information content (AvgIpc) is 3.35. The second-order valence-electron chi connectivity index (χ2n) is 5.33. The zero-order chi connectivity index (χ0) is 18.4. The number of hydrogen-bond donors (Lipinski definition) is 1. The number of nitrogens with one attached hydrogen (secondary N) is 1. The van der Waals surface area contributed by atoms with E-state index in [0.29, 0.717) is 29.5 Å². The van der Waals surface area contributed by atoms with Gasteiger partial charge in [0.05, 0.1) is 25.6 Å². The lowest BCUT2D eigenvalue weighted by Crippen LogP contribution is -2.20. The van der Waals surface area contributed by atoms with E-state index in [1.54, 1.807) is 43.8 Å². The second-order valence-corrected chi connectivity index (χ2v) is 6.27. The monoisotopic (exact) mass is 370 g/mol. The molecular weight excluding hydrogens is 352 g/mol. The van der Waals surface area contributed by atoms with Crippen molar-refractivity contribution in [1.82, 2.24) is 10.5 Å². The predicted octanol–water partition coefficient (Wildman–Crippen LogP) is 3.75. The van der Waals surface area contributed by atoms with Gasteiger partial charge in [0.15, 0.2) is 17.3 Å². The van der Waals surface area contributed by atoms with Gasteiger partial charge in [-0.3, -0.25) is 4.79 Å². The summed E-state index contributed by atoms with van der Waals surface area (Å²) in [5, 5.41) is 8.72. The number of carbonyl (C=O) groups is 1. The van der Waals surface area contributed by atoms with Crippen molar-refractivity contribution < 1.29 is 18.8 Å². The van der Waals surface area contributed by atoms with E-state index < -0.39 is 0 Å². The van der Waals surface area contributed by atoms with Crippen molar-refractivity contribution in [2.75, 3.05) is 14.2 Å². The number of hydrogen-bond acceptors (Lipinski definition) is 6. The Labute approximate surface area is 155 Å². The lowest BCUT2D eigenvalue weighted by atomic mass is 10.2. The molecule has 1 N–H and O–H groups in total. The number of carbonyl (C=O) groups excluding carboxylic acids is 1. The molecule has 3 rings (SSSR count). The molecule has 0 spiro atoms. The molecule has 0 unspecified atom stereocenters. The van der Waals surface area contributed by atoms with Gasteiger partial charge in [-0.25, -0.2) is 0 Å². The maximum Gasteiger partial charge on any atom is 0.244 e. The highest BCUT2D eigenvalue weighted by molar-refractivity contribution is 7.13. The topological polar surface area (TPSA) is 73.6 Å². The summed E-state index contributed by atoms with van der Waals surface area (Å²) in [6.07, 6.45) is 3.17. The third kappa shape index (κ3) is 4.31.